The molecule has 0 fully saturated rings. The van der Waals surface area contributed by atoms with E-state index in [9.17, 15) is 9.59 Å². The number of benzene rings is 1. The predicted octanol–water partition coefficient (Wildman–Crippen LogP) is 1.28. The molecule has 0 bridgehead atoms. The molecule has 1 aliphatic rings. The molecular weight excluding hydrogens is 292 g/mol. The maximum absolute atomic E-state index is 12.2. The van der Waals surface area contributed by atoms with Crippen LogP contribution in [0.2, 0.25) is 0 Å². The Balaban J connectivity index is 1.62. The van der Waals surface area contributed by atoms with Crippen LogP contribution in [0.25, 0.3) is 0 Å². The van der Waals surface area contributed by atoms with Crippen molar-refractivity contribution in [3.8, 4) is 0 Å². The Morgan fingerprint density at radius 1 is 1.43 bits per heavy atom. The fourth-order valence-corrected chi connectivity index (χ4v) is 3.00. The van der Waals surface area contributed by atoms with Crippen LogP contribution in [-0.2, 0) is 13.0 Å². The Hall–Kier alpha value is -2.63. The van der Waals surface area contributed by atoms with Gasteiger partial charge in [-0.15, -0.1) is 0 Å². The van der Waals surface area contributed by atoms with Crippen LogP contribution in [0.3, 0.4) is 0 Å². The number of amides is 2. The first-order chi connectivity index (χ1) is 11.0. The lowest BCUT2D eigenvalue weighted by atomic mass is 9.94. The summed E-state index contributed by atoms with van der Waals surface area (Å²) in [4.78, 5) is 23.6. The van der Waals surface area contributed by atoms with Crippen molar-refractivity contribution in [3.05, 3.63) is 52.8 Å². The Labute approximate surface area is 134 Å². The van der Waals surface area contributed by atoms with Gasteiger partial charge in [0.2, 0.25) is 0 Å². The first-order valence-electron chi connectivity index (χ1n) is 7.74. The van der Waals surface area contributed by atoms with Gasteiger partial charge in [0.15, 0.2) is 0 Å². The molecule has 0 radical (unpaired) electrons. The van der Waals surface area contributed by atoms with Gasteiger partial charge in [0.1, 0.15) is 0 Å². The van der Waals surface area contributed by atoms with Crippen molar-refractivity contribution in [3.63, 3.8) is 0 Å². The lowest BCUT2D eigenvalue weighted by Crippen LogP contribution is -2.33. The molecule has 2 aromatic rings. The number of rotatable bonds is 4. The topological polar surface area (TPSA) is 90.0 Å². The normalized spacial score (nSPS) is 16.7. The molecule has 1 aromatic heterocycles. The Morgan fingerprint density at radius 2 is 2.26 bits per heavy atom. The molecule has 0 saturated heterocycles. The van der Waals surface area contributed by atoms with Crippen LogP contribution in [0.4, 0.5) is 0 Å². The fourth-order valence-electron chi connectivity index (χ4n) is 3.00. The highest BCUT2D eigenvalue weighted by Crippen LogP contribution is 2.22. The van der Waals surface area contributed by atoms with E-state index in [0.29, 0.717) is 24.1 Å². The van der Waals surface area contributed by atoms with E-state index < -0.39 is 5.91 Å². The number of hydrogen-bond acceptors (Lipinski definition) is 3. The third kappa shape index (κ3) is 3.26. The fraction of sp³-hybridized carbons (Fsp3) is 0.353. The molecule has 1 aromatic carbocycles. The maximum atomic E-state index is 12.2. The van der Waals surface area contributed by atoms with Crippen LogP contribution in [0.1, 0.15) is 38.4 Å². The summed E-state index contributed by atoms with van der Waals surface area (Å²) in [6.45, 7) is 3.29. The average Bonchev–Trinajstić information content (AvgIpc) is 2.96. The van der Waals surface area contributed by atoms with E-state index in [2.05, 4.69) is 10.4 Å². The van der Waals surface area contributed by atoms with Crippen molar-refractivity contribution in [2.75, 3.05) is 6.54 Å². The predicted molar refractivity (Wildman–Crippen MR) is 86.1 cm³/mol. The van der Waals surface area contributed by atoms with Gasteiger partial charge in [-0.05, 0) is 37.8 Å². The van der Waals surface area contributed by atoms with Gasteiger partial charge >= 0.3 is 0 Å². The van der Waals surface area contributed by atoms with E-state index in [1.807, 2.05) is 35.9 Å². The number of nitrogens with two attached hydrogens (primary N) is 1. The molecule has 6 nitrogen and oxygen atoms in total. The smallest absolute Gasteiger partial charge is 0.252 e. The molecule has 23 heavy (non-hydrogen) atoms. The molecule has 1 atom stereocenters. The zero-order chi connectivity index (χ0) is 16.4. The highest BCUT2D eigenvalue weighted by molar-refractivity contribution is 5.94. The summed E-state index contributed by atoms with van der Waals surface area (Å²) in [5, 5.41) is 7.18. The summed E-state index contributed by atoms with van der Waals surface area (Å²) in [7, 11) is 0. The monoisotopic (exact) mass is 312 g/mol. The summed E-state index contributed by atoms with van der Waals surface area (Å²) in [6.07, 6.45) is 3.15. The SMILES string of the molecule is Cc1cccc(C(=O)NC[C@H]2CCn3ncc(C(N)=O)c3C2)c1. The zero-order valence-corrected chi connectivity index (χ0v) is 13.1. The molecule has 3 rings (SSSR count). The van der Waals surface area contributed by atoms with Crippen molar-refractivity contribution >= 4 is 11.8 Å². The first-order valence-corrected chi connectivity index (χ1v) is 7.74. The van der Waals surface area contributed by atoms with E-state index in [1.165, 1.54) is 6.20 Å². The number of nitrogens with one attached hydrogen (secondary N) is 1. The summed E-state index contributed by atoms with van der Waals surface area (Å²) < 4.78 is 1.83. The van der Waals surface area contributed by atoms with E-state index >= 15 is 0 Å². The molecule has 0 saturated carbocycles. The van der Waals surface area contributed by atoms with Crippen molar-refractivity contribution < 1.29 is 9.59 Å². The number of carbonyl (C=O) groups excluding carboxylic acids is 2. The van der Waals surface area contributed by atoms with Crippen molar-refractivity contribution in [1.82, 2.24) is 15.1 Å². The van der Waals surface area contributed by atoms with Gasteiger partial charge in [0.05, 0.1) is 17.5 Å². The van der Waals surface area contributed by atoms with Crippen molar-refractivity contribution in [1.29, 1.82) is 0 Å². The number of aryl methyl sites for hydroxylation is 2. The van der Waals surface area contributed by atoms with E-state index in [0.717, 1.165) is 24.2 Å². The van der Waals surface area contributed by atoms with Gasteiger partial charge < -0.3 is 11.1 Å². The van der Waals surface area contributed by atoms with Crippen molar-refractivity contribution in [2.24, 2.45) is 11.7 Å². The molecule has 2 heterocycles. The minimum Gasteiger partial charge on any atom is -0.365 e. The number of primary amides is 1. The Kier molecular flexibility index (Phi) is 4.14. The largest absolute Gasteiger partial charge is 0.365 e. The van der Waals surface area contributed by atoms with E-state index in [4.69, 9.17) is 5.73 Å². The van der Waals surface area contributed by atoms with Crippen LogP contribution < -0.4 is 11.1 Å². The summed E-state index contributed by atoms with van der Waals surface area (Å²) in [6, 6.07) is 7.52. The molecule has 0 unspecified atom stereocenters. The standard InChI is InChI=1S/C17H20N4O2/c1-11-3-2-4-13(7-11)17(23)19-9-12-5-6-21-15(8-12)14(10-20-21)16(18)22/h2-4,7,10,12H,5-6,8-9H2,1H3,(H2,18,22)(H,19,23)/t12-/m0/s1. The highest BCUT2D eigenvalue weighted by Gasteiger charge is 2.24. The maximum Gasteiger partial charge on any atom is 0.252 e. The number of hydrogen-bond donors (Lipinski definition) is 2. The van der Waals surface area contributed by atoms with E-state index in [-0.39, 0.29) is 11.8 Å². The summed E-state index contributed by atoms with van der Waals surface area (Å²) >= 11 is 0. The van der Waals surface area contributed by atoms with Gasteiger partial charge in [0.25, 0.3) is 11.8 Å². The van der Waals surface area contributed by atoms with Crippen LogP contribution in [0.5, 0.6) is 0 Å². The second kappa shape index (κ2) is 6.24. The third-order valence-corrected chi connectivity index (χ3v) is 4.28. The van der Waals surface area contributed by atoms with Crippen LogP contribution >= 0.6 is 0 Å². The quantitative estimate of drug-likeness (QED) is 0.891. The average molecular weight is 312 g/mol. The molecular formula is C17H20N4O2. The van der Waals surface area contributed by atoms with Crippen LogP contribution in [0.15, 0.2) is 30.5 Å². The molecule has 2 amide bonds. The molecule has 0 spiro atoms. The Bertz CT molecular complexity index is 751. The molecule has 6 heteroatoms. The number of nitrogens with zero attached hydrogens (tertiary/aromatic N) is 2. The first kappa shape index (κ1) is 15.3. The van der Waals surface area contributed by atoms with Gasteiger partial charge in [0, 0.05) is 18.7 Å². The Morgan fingerprint density at radius 3 is 3.00 bits per heavy atom. The van der Waals surface area contributed by atoms with Crippen molar-refractivity contribution in [2.45, 2.75) is 26.3 Å². The van der Waals surface area contributed by atoms with Gasteiger partial charge in [-0.3, -0.25) is 14.3 Å². The van der Waals surface area contributed by atoms with Gasteiger partial charge in [-0.2, -0.15) is 5.10 Å². The second-order valence-corrected chi connectivity index (χ2v) is 6.03. The van der Waals surface area contributed by atoms with Crippen LogP contribution in [0, 0.1) is 12.8 Å². The van der Waals surface area contributed by atoms with Crippen LogP contribution in [-0.4, -0.2) is 28.1 Å². The van der Waals surface area contributed by atoms with E-state index in [1.54, 1.807) is 0 Å². The lowest BCUT2D eigenvalue weighted by molar-refractivity contribution is 0.0941. The summed E-state index contributed by atoms with van der Waals surface area (Å²) in [5.41, 5.74) is 8.47. The highest BCUT2D eigenvalue weighted by atomic mass is 16.2. The third-order valence-electron chi connectivity index (χ3n) is 4.28. The molecule has 1 aliphatic heterocycles. The summed E-state index contributed by atoms with van der Waals surface area (Å²) in [5.74, 6) is -0.232. The molecule has 0 aliphatic carbocycles. The number of aromatic nitrogens is 2. The number of carbonyl (C=O) groups is 2. The van der Waals surface area contributed by atoms with Gasteiger partial charge in [-0.1, -0.05) is 17.7 Å². The molecule has 120 valence electrons. The zero-order valence-electron chi connectivity index (χ0n) is 13.1. The lowest BCUT2D eigenvalue weighted by Gasteiger charge is -2.24. The second-order valence-electron chi connectivity index (χ2n) is 6.03. The van der Waals surface area contributed by atoms with Gasteiger partial charge in [-0.25, -0.2) is 0 Å². The minimum atomic E-state index is -0.448. The number of fused-ring (bicyclic) bond motifs is 1. The molecule has 3 N–H and O–H groups in total. The minimum absolute atomic E-state index is 0.0668.